The number of ether oxygens (including phenoxy) is 3. The molecular formula is C21H23NO3. The molecule has 3 rings (SSSR count). The molecule has 25 heavy (non-hydrogen) atoms. The van der Waals surface area contributed by atoms with Gasteiger partial charge >= 0.3 is 0 Å². The highest BCUT2D eigenvalue weighted by Crippen LogP contribution is 2.26. The van der Waals surface area contributed by atoms with Crippen LogP contribution in [0.3, 0.4) is 0 Å². The predicted molar refractivity (Wildman–Crippen MR) is 96.5 cm³/mol. The number of benzene rings is 2. The summed E-state index contributed by atoms with van der Waals surface area (Å²) in [6, 6.07) is 17.7. The maximum Gasteiger partial charge on any atom is 0.124 e. The fraction of sp³-hybridized carbons (Fsp3) is 0.381. The zero-order valence-corrected chi connectivity index (χ0v) is 14.9. The standard InChI is InChI=1S/C21H23NO3/c1-15(21(2,3)24-14-20-13-23-20)25-19-10-8-18(9-11-19)17-6-4-16(12-22)5-7-17/h4-11,15,20H,13-14H2,1-3H3. The van der Waals surface area contributed by atoms with Crippen LogP contribution in [-0.2, 0) is 9.47 Å². The van der Waals surface area contributed by atoms with Gasteiger partial charge in [-0.25, -0.2) is 0 Å². The Kier molecular flexibility index (Phi) is 5.08. The monoisotopic (exact) mass is 337 g/mol. The van der Waals surface area contributed by atoms with Crippen LogP contribution in [0, 0.1) is 11.3 Å². The van der Waals surface area contributed by atoms with Crippen LogP contribution in [0.25, 0.3) is 11.1 Å². The fourth-order valence-corrected chi connectivity index (χ4v) is 2.40. The molecule has 2 aromatic carbocycles. The maximum atomic E-state index is 8.87. The number of epoxide rings is 1. The van der Waals surface area contributed by atoms with Crippen molar-refractivity contribution in [3.63, 3.8) is 0 Å². The third-order valence-electron chi connectivity index (χ3n) is 4.54. The van der Waals surface area contributed by atoms with E-state index in [2.05, 4.69) is 6.07 Å². The molecule has 0 N–H and O–H groups in total. The fourth-order valence-electron chi connectivity index (χ4n) is 2.40. The highest BCUT2D eigenvalue weighted by Gasteiger charge is 2.32. The minimum atomic E-state index is -0.391. The molecule has 0 radical (unpaired) electrons. The summed E-state index contributed by atoms with van der Waals surface area (Å²) in [6.07, 6.45) is 0.158. The van der Waals surface area contributed by atoms with Gasteiger partial charge in [-0.05, 0) is 56.2 Å². The van der Waals surface area contributed by atoms with E-state index >= 15 is 0 Å². The summed E-state index contributed by atoms with van der Waals surface area (Å²) in [5.74, 6) is 0.809. The van der Waals surface area contributed by atoms with Crippen molar-refractivity contribution in [1.29, 1.82) is 5.26 Å². The molecule has 1 fully saturated rings. The molecule has 1 heterocycles. The number of nitrogens with zero attached hydrogens (tertiary/aromatic N) is 1. The van der Waals surface area contributed by atoms with E-state index in [9.17, 15) is 0 Å². The second-order valence-electron chi connectivity index (χ2n) is 6.84. The zero-order chi connectivity index (χ0) is 17.9. The van der Waals surface area contributed by atoms with Crippen molar-refractivity contribution in [3.05, 3.63) is 54.1 Å². The van der Waals surface area contributed by atoms with Crippen LogP contribution in [0.2, 0.25) is 0 Å². The average Bonchev–Trinajstić information content (AvgIpc) is 3.45. The summed E-state index contributed by atoms with van der Waals surface area (Å²) in [5, 5.41) is 8.87. The van der Waals surface area contributed by atoms with E-state index in [1.54, 1.807) is 0 Å². The Hall–Kier alpha value is -2.35. The molecule has 2 unspecified atom stereocenters. The normalized spacial score (nSPS) is 17.6. The molecule has 0 bridgehead atoms. The van der Waals surface area contributed by atoms with Gasteiger partial charge in [-0.2, -0.15) is 5.26 Å². The molecule has 130 valence electrons. The van der Waals surface area contributed by atoms with Crippen LogP contribution in [-0.4, -0.2) is 31.0 Å². The first kappa shape index (κ1) is 17.5. The largest absolute Gasteiger partial charge is 0.488 e. The Morgan fingerprint density at radius 2 is 1.68 bits per heavy atom. The number of nitriles is 1. The second-order valence-corrected chi connectivity index (χ2v) is 6.84. The minimum Gasteiger partial charge on any atom is -0.488 e. The highest BCUT2D eigenvalue weighted by molar-refractivity contribution is 5.64. The van der Waals surface area contributed by atoms with Crippen LogP contribution in [0.5, 0.6) is 5.75 Å². The lowest BCUT2D eigenvalue weighted by Gasteiger charge is -2.32. The smallest absolute Gasteiger partial charge is 0.124 e. The molecule has 1 saturated heterocycles. The average molecular weight is 337 g/mol. The van der Waals surface area contributed by atoms with E-state index in [0.717, 1.165) is 23.5 Å². The zero-order valence-electron chi connectivity index (χ0n) is 14.9. The summed E-state index contributed by atoms with van der Waals surface area (Å²) < 4.78 is 17.2. The summed E-state index contributed by atoms with van der Waals surface area (Å²) in [4.78, 5) is 0. The van der Waals surface area contributed by atoms with Crippen LogP contribution in [0.4, 0.5) is 0 Å². The van der Waals surface area contributed by atoms with E-state index in [-0.39, 0.29) is 12.2 Å². The maximum absolute atomic E-state index is 8.87. The van der Waals surface area contributed by atoms with Gasteiger partial charge in [0.1, 0.15) is 18.0 Å². The van der Waals surface area contributed by atoms with Crippen molar-refractivity contribution in [2.24, 2.45) is 0 Å². The molecule has 0 saturated carbocycles. The van der Waals surface area contributed by atoms with E-state index < -0.39 is 5.60 Å². The molecule has 4 nitrogen and oxygen atoms in total. The summed E-state index contributed by atoms with van der Waals surface area (Å²) in [7, 11) is 0. The van der Waals surface area contributed by atoms with E-state index in [0.29, 0.717) is 12.2 Å². The first-order chi connectivity index (χ1) is 12.0. The lowest BCUT2D eigenvalue weighted by atomic mass is 10.0. The third-order valence-corrected chi connectivity index (χ3v) is 4.54. The molecule has 0 spiro atoms. The minimum absolute atomic E-state index is 0.0907. The molecule has 1 aliphatic heterocycles. The van der Waals surface area contributed by atoms with Crippen molar-refractivity contribution in [1.82, 2.24) is 0 Å². The van der Waals surface area contributed by atoms with E-state index in [1.807, 2.05) is 69.3 Å². The van der Waals surface area contributed by atoms with Crippen molar-refractivity contribution < 1.29 is 14.2 Å². The Morgan fingerprint density at radius 3 is 2.20 bits per heavy atom. The van der Waals surface area contributed by atoms with Crippen molar-refractivity contribution in [2.75, 3.05) is 13.2 Å². The Balaban J connectivity index is 1.62. The van der Waals surface area contributed by atoms with Gasteiger partial charge in [-0.15, -0.1) is 0 Å². The Morgan fingerprint density at radius 1 is 1.12 bits per heavy atom. The molecule has 0 aliphatic carbocycles. The summed E-state index contributed by atoms with van der Waals surface area (Å²) in [6.45, 7) is 7.49. The van der Waals surface area contributed by atoms with Gasteiger partial charge < -0.3 is 14.2 Å². The molecule has 0 amide bonds. The lowest BCUT2D eigenvalue weighted by molar-refractivity contribution is -0.0874. The van der Waals surface area contributed by atoms with Crippen LogP contribution < -0.4 is 4.74 Å². The van der Waals surface area contributed by atoms with Crippen LogP contribution >= 0.6 is 0 Å². The van der Waals surface area contributed by atoms with Gasteiger partial charge in [-0.3, -0.25) is 0 Å². The van der Waals surface area contributed by atoms with Gasteiger partial charge in [-0.1, -0.05) is 24.3 Å². The number of rotatable bonds is 7. The summed E-state index contributed by atoms with van der Waals surface area (Å²) in [5.41, 5.74) is 2.44. The quantitative estimate of drug-likeness (QED) is 0.711. The van der Waals surface area contributed by atoms with Gasteiger partial charge in [0.25, 0.3) is 0 Å². The Labute approximate surface area is 149 Å². The summed E-state index contributed by atoms with van der Waals surface area (Å²) >= 11 is 0. The molecule has 0 aromatic heterocycles. The van der Waals surface area contributed by atoms with Crippen LogP contribution in [0.1, 0.15) is 26.3 Å². The topological polar surface area (TPSA) is 54.8 Å². The van der Waals surface area contributed by atoms with Gasteiger partial charge in [0.15, 0.2) is 0 Å². The first-order valence-electron chi connectivity index (χ1n) is 8.51. The first-order valence-corrected chi connectivity index (χ1v) is 8.51. The molecule has 2 atom stereocenters. The predicted octanol–water partition coefficient (Wildman–Crippen LogP) is 4.19. The third kappa shape index (κ3) is 4.60. The molecule has 1 aliphatic rings. The van der Waals surface area contributed by atoms with Gasteiger partial charge in [0.05, 0.1) is 30.4 Å². The van der Waals surface area contributed by atoms with Crippen molar-refractivity contribution >= 4 is 0 Å². The van der Waals surface area contributed by atoms with Crippen LogP contribution in [0.15, 0.2) is 48.5 Å². The van der Waals surface area contributed by atoms with Gasteiger partial charge in [0, 0.05) is 0 Å². The molecule has 4 heteroatoms. The lowest BCUT2D eigenvalue weighted by Crippen LogP contribution is -2.41. The SMILES string of the molecule is CC(Oc1ccc(-c2ccc(C#N)cc2)cc1)C(C)(C)OCC1CO1. The second kappa shape index (κ2) is 7.26. The van der Waals surface area contributed by atoms with Crippen molar-refractivity contribution in [2.45, 2.75) is 38.6 Å². The number of hydrogen-bond acceptors (Lipinski definition) is 4. The highest BCUT2D eigenvalue weighted by atomic mass is 16.6. The number of hydrogen-bond donors (Lipinski definition) is 0. The Bertz CT molecular complexity index is 740. The van der Waals surface area contributed by atoms with Gasteiger partial charge in [0.2, 0.25) is 0 Å². The van der Waals surface area contributed by atoms with E-state index in [1.165, 1.54) is 0 Å². The molecular weight excluding hydrogens is 314 g/mol. The van der Waals surface area contributed by atoms with E-state index in [4.69, 9.17) is 19.5 Å². The molecule has 2 aromatic rings. The van der Waals surface area contributed by atoms with Crippen molar-refractivity contribution in [3.8, 4) is 22.9 Å².